The Morgan fingerprint density at radius 1 is 1.36 bits per heavy atom. The molecule has 11 heavy (non-hydrogen) atoms. The molecule has 0 radical (unpaired) electrons. The van der Waals surface area contributed by atoms with E-state index in [1.807, 2.05) is 21.0 Å². The molecular formula is C7H19N2OTi-. The average molecular weight is 195 g/mol. The van der Waals surface area contributed by atoms with Gasteiger partial charge in [-0.25, -0.2) is 0 Å². The Kier molecular flexibility index (Phi) is 21.1. The summed E-state index contributed by atoms with van der Waals surface area (Å²) in [6.07, 6.45) is 0.535. The molecule has 1 atom stereocenters. The van der Waals surface area contributed by atoms with Gasteiger partial charge in [-0.05, 0) is 20.5 Å². The Balaban J connectivity index is -0.000000140. The van der Waals surface area contributed by atoms with Crippen LogP contribution in [0.25, 0.3) is 5.32 Å². The summed E-state index contributed by atoms with van der Waals surface area (Å²) in [6.45, 7) is 1.95. The van der Waals surface area contributed by atoms with E-state index in [2.05, 4.69) is 5.32 Å². The van der Waals surface area contributed by atoms with Crippen LogP contribution in [0.15, 0.2) is 0 Å². The number of aliphatic hydroxyl groups excluding tert-OH is 1. The van der Waals surface area contributed by atoms with Crippen LogP contribution < -0.4 is 0 Å². The first kappa shape index (κ1) is 17.6. The van der Waals surface area contributed by atoms with E-state index in [1.165, 1.54) is 0 Å². The topological polar surface area (TPSA) is 37.6 Å². The molecule has 0 rings (SSSR count). The van der Waals surface area contributed by atoms with Crippen LogP contribution in [-0.4, -0.2) is 44.4 Å². The number of aliphatic hydroxyl groups is 1. The molecule has 0 aromatic rings. The van der Waals surface area contributed by atoms with Crippen LogP contribution in [0.3, 0.4) is 0 Å². The van der Waals surface area contributed by atoms with Gasteiger partial charge in [0.25, 0.3) is 0 Å². The van der Waals surface area contributed by atoms with Gasteiger partial charge in [-0.2, -0.15) is 14.1 Å². The summed E-state index contributed by atoms with van der Waals surface area (Å²) in [5, 5.41) is 12.4. The quantitative estimate of drug-likeness (QED) is 0.525. The predicted molar refractivity (Wildman–Crippen MR) is 45.2 cm³/mol. The molecule has 0 aliphatic rings. The monoisotopic (exact) mass is 195 g/mol. The first-order valence-corrected chi connectivity index (χ1v) is 3.42. The van der Waals surface area contributed by atoms with Crippen LogP contribution in [0.4, 0.5) is 0 Å². The molecule has 0 aromatic heterocycles. The normalized spacial score (nSPS) is 11.2. The van der Waals surface area contributed by atoms with E-state index >= 15 is 0 Å². The number of hydrogen-bond acceptors (Lipinski definition) is 2. The molecule has 1 N–H and O–H groups in total. The van der Waals surface area contributed by atoms with Gasteiger partial charge in [-0.1, -0.05) is 6.92 Å². The molecule has 1 unspecified atom stereocenters. The Labute approximate surface area is 85.0 Å². The largest absolute Gasteiger partial charge is 0.668 e. The van der Waals surface area contributed by atoms with Crippen molar-refractivity contribution in [1.29, 1.82) is 0 Å². The van der Waals surface area contributed by atoms with E-state index < -0.39 is 0 Å². The van der Waals surface area contributed by atoms with Gasteiger partial charge in [-0.15, -0.1) is 0 Å². The Morgan fingerprint density at radius 2 is 1.64 bits per heavy atom. The van der Waals surface area contributed by atoms with E-state index in [-0.39, 0.29) is 27.9 Å². The zero-order valence-corrected chi connectivity index (χ0v) is 9.69. The van der Waals surface area contributed by atoms with Crippen molar-refractivity contribution in [2.45, 2.75) is 19.6 Å². The average Bonchev–Trinajstić information content (AvgIpc) is 1.88. The molecule has 0 aliphatic heterocycles. The summed E-state index contributed by atoms with van der Waals surface area (Å²) in [5.41, 5.74) is 0. The fourth-order valence-corrected chi connectivity index (χ4v) is 0.365. The first-order valence-electron chi connectivity index (χ1n) is 3.42. The number of nitrogens with zero attached hydrogens (tertiary/aromatic N) is 2. The Hall–Kier alpha value is 0.594. The summed E-state index contributed by atoms with van der Waals surface area (Å²) in [6, 6.07) is 0. The van der Waals surface area contributed by atoms with Crippen molar-refractivity contribution in [3.05, 3.63) is 5.32 Å². The van der Waals surface area contributed by atoms with Crippen LogP contribution in [0.1, 0.15) is 13.3 Å². The Bertz CT molecular complexity index is 62.4. The smallest absolute Gasteiger partial charge is 0.106 e. The third-order valence-electron chi connectivity index (χ3n) is 0.961. The summed E-state index contributed by atoms with van der Waals surface area (Å²) >= 11 is 0. The van der Waals surface area contributed by atoms with Crippen LogP contribution in [0.5, 0.6) is 0 Å². The fourth-order valence-electron chi connectivity index (χ4n) is 0.365. The number of hydrogen-bond donors (Lipinski definition) is 1. The number of rotatable bonds is 2. The summed E-state index contributed by atoms with van der Waals surface area (Å²) in [4.78, 5) is 1.78. The second-order valence-electron chi connectivity index (χ2n) is 2.30. The third-order valence-corrected chi connectivity index (χ3v) is 0.961. The minimum atomic E-state index is -0.264. The molecule has 4 heteroatoms. The molecule has 0 saturated heterocycles. The molecule has 0 heterocycles. The maximum atomic E-state index is 8.86. The van der Waals surface area contributed by atoms with Crippen molar-refractivity contribution >= 4 is 0 Å². The van der Waals surface area contributed by atoms with Gasteiger partial charge in [0.05, 0.1) is 0 Å². The maximum Gasteiger partial charge on any atom is 0.106 e. The molecule has 0 fully saturated rings. The predicted octanol–water partition coefficient (Wildman–Crippen LogP) is 0.894. The van der Waals surface area contributed by atoms with Gasteiger partial charge >= 0.3 is 0 Å². The van der Waals surface area contributed by atoms with Crippen molar-refractivity contribution in [1.82, 2.24) is 4.90 Å². The third kappa shape index (κ3) is 18.0. The van der Waals surface area contributed by atoms with Crippen molar-refractivity contribution in [2.75, 3.05) is 28.2 Å². The van der Waals surface area contributed by atoms with Crippen molar-refractivity contribution in [3.63, 3.8) is 0 Å². The van der Waals surface area contributed by atoms with E-state index in [0.717, 1.165) is 6.42 Å². The van der Waals surface area contributed by atoms with E-state index in [0.29, 0.717) is 0 Å². The summed E-state index contributed by atoms with van der Waals surface area (Å²) < 4.78 is 0. The van der Waals surface area contributed by atoms with Gasteiger partial charge in [0, 0.05) is 21.7 Å². The molecule has 0 spiro atoms. The van der Waals surface area contributed by atoms with Gasteiger partial charge in [0.1, 0.15) is 6.23 Å². The fraction of sp³-hybridized carbons (Fsp3) is 1.00. The molecule has 0 saturated carbocycles. The molecule has 0 amide bonds. The van der Waals surface area contributed by atoms with Gasteiger partial charge in [-0.3, -0.25) is 4.90 Å². The molecule has 0 bridgehead atoms. The van der Waals surface area contributed by atoms with Crippen LogP contribution in [0, 0.1) is 0 Å². The van der Waals surface area contributed by atoms with Gasteiger partial charge in [0.2, 0.25) is 0 Å². The summed E-state index contributed by atoms with van der Waals surface area (Å²) in [7, 11) is 7.21. The zero-order chi connectivity index (χ0) is 8.57. The van der Waals surface area contributed by atoms with Crippen molar-refractivity contribution in [3.8, 4) is 0 Å². The molecular weight excluding hydrogens is 176 g/mol. The minimum Gasteiger partial charge on any atom is -0.668 e. The second kappa shape index (κ2) is 13.2. The Morgan fingerprint density at radius 3 is 1.64 bits per heavy atom. The molecule has 0 aromatic carbocycles. The van der Waals surface area contributed by atoms with Crippen LogP contribution >= 0.6 is 0 Å². The second-order valence-corrected chi connectivity index (χ2v) is 2.30. The zero-order valence-electron chi connectivity index (χ0n) is 8.13. The summed E-state index contributed by atoms with van der Waals surface area (Å²) in [5.74, 6) is 0. The molecule has 3 nitrogen and oxygen atoms in total. The van der Waals surface area contributed by atoms with E-state index in [1.54, 1.807) is 19.0 Å². The van der Waals surface area contributed by atoms with E-state index in [4.69, 9.17) is 5.11 Å². The molecule has 0 aliphatic carbocycles. The van der Waals surface area contributed by atoms with Crippen LogP contribution in [0.2, 0.25) is 0 Å². The SMILES string of the molecule is CCC(O)N(C)C.C[N-]C.[Ti]. The van der Waals surface area contributed by atoms with Crippen molar-refractivity contribution < 1.29 is 26.8 Å². The van der Waals surface area contributed by atoms with E-state index in [9.17, 15) is 0 Å². The van der Waals surface area contributed by atoms with Gasteiger partial charge in [0.15, 0.2) is 0 Å². The first-order chi connectivity index (χ1) is 4.59. The standard InChI is InChI=1S/C5H13NO.C2H6N.Ti/c1-4-5(7)6(2)3;1-3-2;/h5,7H,4H2,1-3H3;1-2H3;/q;-1;. The van der Waals surface area contributed by atoms with Gasteiger partial charge < -0.3 is 10.4 Å². The van der Waals surface area contributed by atoms with Crippen LogP contribution in [-0.2, 0) is 21.7 Å². The maximum absolute atomic E-state index is 8.86. The van der Waals surface area contributed by atoms with Crippen molar-refractivity contribution in [2.24, 2.45) is 0 Å². The minimum absolute atomic E-state index is 0. The molecule has 68 valence electrons.